The number of carbonyl (C=O) groups is 1. The molecule has 0 bridgehead atoms. The van der Waals surface area contributed by atoms with Crippen LogP contribution < -0.4 is 0 Å². The highest BCUT2D eigenvalue weighted by atomic mass is 32.2. The Hall–Kier alpha value is -0.380. The minimum Gasteiger partial charge on any atom is -0.480 e. The SMILES string of the molecule is CC(C)C(C(=O)O)S(=O)CC1CC1. The van der Waals surface area contributed by atoms with Crippen molar-refractivity contribution in [1.82, 2.24) is 0 Å². The predicted octanol–water partition coefficient (Wildman–Crippen LogP) is 1.25. The summed E-state index contributed by atoms with van der Waals surface area (Å²) in [6.45, 7) is 3.62. The monoisotopic (exact) mass is 204 g/mol. The van der Waals surface area contributed by atoms with Gasteiger partial charge in [-0.05, 0) is 24.7 Å². The first-order valence-corrected chi connectivity index (χ1v) is 6.00. The van der Waals surface area contributed by atoms with Crippen molar-refractivity contribution in [3.05, 3.63) is 0 Å². The zero-order valence-electron chi connectivity index (χ0n) is 8.03. The molecule has 4 heteroatoms. The van der Waals surface area contributed by atoms with Gasteiger partial charge in [-0.3, -0.25) is 9.00 Å². The highest BCUT2D eigenvalue weighted by molar-refractivity contribution is 7.86. The van der Waals surface area contributed by atoms with Gasteiger partial charge in [0.15, 0.2) is 0 Å². The van der Waals surface area contributed by atoms with Crippen molar-refractivity contribution < 1.29 is 14.1 Å². The number of rotatable bonds is 5. The fourth-order valence-electron chi connectivity index (χ4n) is 1.32. The number of aliphatic carboxylic acids is 1. The van der Waals surface area contributed by atoms with E-state index in [2.05, 4.69) is 0 Å². The zero-order chi connectivity index (χ0) is 10.0. The van der Waals surface area contributed by atoms with Gasteiger partial charge in [-0.1, -0.05) is 13.8 Å². The number of carboxylic acid groups (broad SMARTS) is 1. The third-order valence-corrected chi connectivity index (χ3v) is 4.34. The minimum absolute atomic E-state index is 0.0444. The van der Waals surface area contributed by atoms with Gasteiger partial charge in [0.1, 0.15) is 5.25 Å². The molecule has 13 heavy (non-hydrogen) atoms. The van der Waals surface area contributed by atoms with E-state index >= 15 is 0 Å². The summed E-state index contributed by atoms with van der Waals surface area (Å²) in [6.07, 6.45) is 2.24. The minimum atomic E-state index is -1.19. The first kappa shape index (κ1) is 10.7. The summed E-state index contributed by atoms with van der Waals surface area (Å²) in [5.41, 5.74) is 0. The van der Waals surface area contributed by atoms with E-state index < -0.39 is 22.0 Å². The van der Waals surface area contributed by atoms with E-state index in [4.69, 9.17) is 5.11 Å². The van der Waals surface area contributed by atoms with Crippen molar-refractivity contribution in [2.24, 2.45) is 11.8 Å². The van der Waals surface area contributed by atoms with Crippen LogP contribution in [0.1, 0.15) is 26.7 Å². The van der Waals surface area contributed by atoms with Crippen molar-refractivity contribution in [3.8, 4) is 0 Å². The lowest BCUT2D eigenvalue weighted by atomic mass is 10.1. The topological polar surface area (TPSA) is 54.4 Å². The Bertz CT molecular complexity index is 221. The standard InChI is InChI=1S/C9H16O3S/c1-6(2)8(9(10)11)13(12)5-7-3-4-7/h6-8H,3-5H2,1-2H3,(H,10,11). The first-order chi connectivity index (χ1) is 6.02. The average Bonchev–Trinajstić information content (AvgIpc) is 2.68. The Morgan fingerprint density at radius 2 is 2.08 bits per heavy atom. The van der Waals surface area contributed by atoms with Gasteiger partial charge in [0.25, 0.3) is 0 Å². The van der Waals surface area contributed by atoms with Gasteiger partial charge in [0.05, 0.1) is 0 Å². The van der Waals surface area contributed by atoms with Crippen LogP contribution in [-0.4, -0.2) is 26.3 Å². The Balaban J connectivity index is 2.51. The molecule has 1 aliphatic carbocycles. The van der Waals surface area contributed by atoms with E-state index in [-0.39, 0.29) is 5.92 Å². The van der Waals surface area contributed by atoms with Crippen LogP contribution in [0.25, 0.3) is 0 Å². The van der Waals surface area contributed by atoms with E-state index in [1.54, 1.807) is 0 Å². The highest BCUT2D eigenvalue weighted by Gasteiger charge is 2.32. The third-order valence-electron chi connectivity index (χ3n) is 2.23. The molecular weight excluding hydrogens is 188 g/mol. The summed E-state index contributed by atoms with van der Waals surface area (Å²) in [5.74, 6) is 0.141. The van der Waals surface area contributed by atoms with Gasteiger partial charge in [-0.15, -0.1) is 0 Å². The molecule has 2 unspecified atom stereocenters. The average molecular weight is 204 g/mol. The van der Waals surface area contributed by atoms with Crippen LogP contribution in [0.4, 0.5) is 0 Å². The molecule has 0 heterocycles. The molecule has 0 aromatic rings. The number of hydrogen-bond acceptors (Lipinski definition) is 2. The van der Waals surface area contributed by atoms with E-state index in [9.17, 15) is 9.00 Å². The normalized spacial score (nSPS) is 21.5. The second-order valence-corrected chi connectivity index (χ2v) is 5.60. The van der Waals surface area contributed by atoms with Gasteiger partial charge < -0.3 is 5.11 Å². The second kappa shape index (κ2) is 4.22. The molecule has 76 valence electrons. The van der Waals surface area contributed by atoms with Crippen LogP contribution in [0.5, 0.6) is 0 Å². The van der Waals surface area contributed by atoms with Crippen molar-refractivity contribution in [1.29, 1.82) is 0 Å². The summed E-state index contributed by atoms with van der Waals surface area (Å²) < 4.78 is 11.6. The maximum absolute atomic E-state index is 11.6. The Morgan fingerprint density at radius 1 is 1.54 bits per heavy atom. The molecule has 0 aliphatic heterocycles. The molecule has 1 saturated carbocycles. The molecule has 1 aliphatic rings. The molecule has 1 N–H and O–H groups in total. The Labute approximate surface area is 81.0 Å². The number of carboxylic acids is 1. The molecule has 0 saturated heterocycles. The van der Waals surface area contributed by atoms with Crippen molar-refractivity contribution in [2.45, 2.75) is 31.9 Å². The smallest absolute Gasteiger partial charge is 0.319 e. The highest BCUT2D eigenvalue weighted by Crippen LogP contribution is 2.30. The van der Waals surface area contributed by atoms with Crippen LogP contribution in [0, 0.1) is 11.8 Å². The molecule has 0 aromatic heterocycles. The van der Waals surface area contributed by atoms with Gasteiger partial charge in [-0.2, -0.15) is 0 Å². The fourth-order valence-corrected chi connectivity index (χ4v) is 3.16. The molecule has 3 nitrogen and oxygen atoms in total. The molecule has 1 rings (SSSR count). The van der Waals surface area contributed by atoms with Crippen molar-refractivity contribution in [2.75, 3.05) is 5.75 Å². The third kappa shape index (κ3) is 3.10. The zero-order valence-corrected chi connectivity index (χ0v) is 8.84. The molecular formula is C9H16O3S. The van der Waals surface area contributed by atoms with E-state index in [1.807, 2.05) is 13.8 Å². The van der Waals surface area contributed by atoms with Crippen LogP contribution in [-0.2, 0) is 15.6 Å². The molecule has 1 fully saturated rings. The van der Waals surface area contributed by atoms with Gasteiger partial charge in [0, 0.05) is 16.6 Å². The summed E-state index contributed by atoms with van der Waals surface area (Å²) in [5, 5.41) is 8.17. The van der Waals surface area contributed by atoms with Crippen LogP contribution in [0.2, 0.25) is 0 Å². The summed E-state index contributed by atoms with van der Waals surface area (Å²) in [4.78, 5) is 10.8. The van der Waals surface area contributed by atoms with Gasteiger partial charge in [0.2, 0.25) is 0 Å². The quantitative estimate of drug-likeness (QED) is 0.733. The Morgan fingerprint density at radius 3 is 2.38 bits per heavy atom. The summed E-state index contributed by atoms with van der Waals surface area (Å²) in [7, 11) is -1.19. The molecule has 0 spiro atoms. The molecule has 0 amide bonds. The van der Waals surface area contributed by atoms with E-state index in [0.717, 1.165) is 12.8 Å². The van der Waals surface area contributed by atoms with E-state index in [1.165, 1.54) is 0 Å². The largest absolute Gasteiger partial charge is 0.480 e. The van der Waals surface area contributed by atoms with Crippen LogP contribution >= 0.6 is 0 Å². The lowest BCUT2D eigenvalue weighted by Crippen LogP contribution is -2.32. The maximum Gasteiger partial charge on any atom is 0.319 e. The van der Waals surface area contributed by atoms with Crippen molar-refractivity contribution >= 4 is 16.8 Å². The summed E-state index contributed by atoms with van der Waals surface area (Å²) in [6, 6.07) is 0. The lowest BCUT2D eigenvalue weighted by Gasteiger charge is -2.15. The van der Waals surface area contributed by atoms with Crippen molar-refractivity contribution in [3.63, 3.8) is 0 Å². The van der Waals surface area contributed by atoms with Gasteiger partial charge in [-0.25, -0.2) is 0 Å². The van der Waals surface area contributed by atoms with E-state index in [0.29, 0.717) is 11.7 Å². The molecule has 0 radical (unpaired) electrons. The first-order valence-electron chi connectivity index (χ1n) is 4.62. The fraction of sp³-hybridized carbons (Fsp3) is 0.889. The van der Waals surface area contributed by atoms with Crippen LogP contribution in [0.15, 0.2) is 0 Å². The maximum atomic E-state index is 11.6. The van der Waals surface area contributed by atoms with Gasteiger partial charge >= 0.3 is 5.97 Å². The lowest BCUT2D eigenvalue weighted by molar-refractivity contribution is -0.137. The second-order valence-electron chi connectivity index (χ2n) is 3.99. The summed E-state index contributed by atoms with van der Waals surface area (Å²) >= 11 is 0. The number of hydrogen-bond donors (Lipinski definition) is 1. The Kier molecular flexibility index (Phi) is 3.47. The molecule has 0 aromatic carbocycles. The predicted molar refractivity (Wildman–Crippen MR) is 52.0 cm³/mol. The van der Waals surface area contributed by atoms with Crippen LogP contribution in [0.3, 0.4) is 0 Å². The molecule has 2 atom stereocenters.